The summed E-state index contributed by atoms with van der Waals surface area (Å²) >= 11 is 0. The first-order valence-electron chi connectivity index (χ1n) is 15.7. The summed E-state index contributed by atoms with van der Waals surface area (Å²) in [4.78, 5) is 27.9. The molecule has 1 fully saturated rings. The summed E-state index contributed by atoms with van der Waals surface area (Å²) in [5, 5.41) is 14.5. The average molecular weight is 611 g/mol. The molecule has 45 heavy (non-hydrogen) atoms. The summed E-state index contributed by atoms with van der Waals surface area (Å²) in [5.74, 6) is -1.12. The zero-order valence-electron chi connectivity index (χ0n) is 26.8. The number of ether oxygens (including phenoxy) is 1. The standard InChI is InChI=1S/C38H43FN2O4/c1-24-10-6-16-31(39)34(24)36(42)40-32(37(43)44)22-25-11-7-14-29-28(25)13-9-15-30(29)35-26(12-8-17-33(35)45-5)23-41-20-18-27(19-21-41)38(2,3)4/h6-17,27,32H,18-23H2,1-5H3,(H,40,42)(H,43,44)/t32-/m0/s1. The largest absolute Gasteiger partial charge is 0.496 e. The summed E-state index contributed by atoms with van der Waals surface area (Å²) in [6.07, 6.45) is 2.40. The second kappa shape index (κ2) is 13.4. The molecule has 2 N–H and O–H groups in total. The van der Waals surface area contributed by atoms with Gasteiger partial charge in [-0.2, -0.15) is 0 Å². The van der Waals surface area contributed by atoms with E-state index in [1.807, 2.05) is 42.5 Å². The number of hydrogen-bond donors (Lipinski definition) is 2. The maximum absolute atomic E-state index is 14.5. The number of rotatable bonds is 9. The number of carboxylic acids is 1. The molecule has 1 saturated heterocycles. The van der Waals surface area contributed by atoms with Crippen LogP contribution in [0.4, 0.5) is 4.39 Å². The Morgan fingerprint density at radius 1 is 0.956 bits per heavy atom. The van der Waals surface area contributed by atoms with Crippen LogP contribution in [0, 0.1) is 24.1 Å². The van der Waals surface area contributed by atoms with Crippen LogP contribution < -0.4 is 10.1 Å². The highest BCUT2D eigenvalue weighted by molar-refractivity contribution is 6.01. The minimum absolute atomic E-state index is 0.0386. The minimum atomic E-state index is -1.25. The summed E-state index contributed by atoms with van der Waals surface area (Å²) in [5.41, 5.74) is 4.59. The number of carboxylic acid groups (broad SMARTS) is 1. The molecular weight excluding hydrogens is 567 g/mol. The van der Waals surface area contributed by atoms with Gasteiger partial charge in [-0.05, 0) is 89.3 Å². The van der Waals surface area contributed by atoms with Crippen LogP contribution in [0.3, 0.4) is 0 Å². The van der Waals surface area contributed by atoms with Crippen molar-refractivity contribution in [2.45, 2.75) is 59.5 Å². The van der Waals surface area contributed by atoms with Crippen molar-refractivity contribution >= 4 is 22.6 Å². The summed E-state index contributed by atoms with van der Waals surface area (Å²) in [7, 11) is 1.69. The Bertz CT molecular complexity index is 1680. The quantitative estimate of drug-likeness (QED) is 0.204. The van der Waals surface area contributed by atoms with Gasteiger partial charge in [-0.3, -0.25) is 9.69 Å². The van der Waals surface area contributed by atoms with E-state index in [9.17, 15) is 19.1 Å². The highest BCUT2D eigenvalue weighted by Crippen LogP contribution is 2.40. The number of piperidine rings is 1. The maximum Gasteiger partial charge on any atom is 0.326 e. The number of halogens is 1. The minimum Gasteiger partial charge on any atom is -0.496 e. The van der Waals surface area contributed by atoms with E-state index >= 15 is 0 Å². The molecule has 0 spiro atoms. The number of likely N-dealkylation sites (tertiary alicyclic amines) is 1. The number of methoxy groups -OCH3 is 1. The van der Waals surface area contributed by atoms with E-state index in [4.69, 9.17) is 4.74 Å². The van der Waals surface area contributed by atoms with Crippen molar-refractivity contribution in [3.05, 3.63) is 101 Å². The first-order valence-corrected chi connectivity index (χ1v) is 15.7. The zero-order valence-corrected chi connectivity index (χ0v) is 26.8. The molecule has 1 amide bonds. The van der Waals surface area contributed by atoms with Gasteiger partial charge in [0, 0.05) is 18.5 Å². The lowest BCUT2D eigenvalue weighted by molar-refractivity contribution is -0.139. The fraction of sp³-hybridized carbons (Fsp3) is 0.368. The smallest absolute Gasteiger partial charge is 0.326 e. The van der Waals surface area contributed by atoms with E-state index in [0.29, 0.717) is 16.9 Å². The van der Waals surface area contributed by atoms with E-state index < -0.39 is 23.7 Å². The van der Waals surface area contributed by atoms with Gasteiger partial charge in [-0.1, -0.05) is 81.4 Å². The van der Waals surface area contributed by atoms with Crippen molar-refractivity contribution < 1.29 is 23.8 Å². The molecule has 1 heterocycles. The number of aliphatic carboxylic acids is 1. The molecule has 4 aromatic rings. The molecule has 6 nitrogen and oxygen atoms in total. The number of fused-ring (bicyclic) bond motifs is 1. The van der Waals surface area contributed by atoms with Crippen LogP contribution in [0.5, 0.6) is 5.75 Å². The number of hydrogen-bond acceptors (Lipinski definition) is 4. The Kier molecular flexibility index (Phi) is 9.59. The van der Waals surface area contributed by atoms with Crippen LogP contribution in [0.15, 0.2) is 72.8 Å². The van der Waals surface area contributed by atoms with Crippen molar-refractivity contribution in [2.24, 2.45) is 11.3 Å². The normalized spacial score (nSPS) is 15.2. The molecule has 0 bridgehead atoms. The van der Waals surface area contributed by atoms with E-state index in [0.717, 1.165) is 52.8 Å². The van der Waals surface area contributed by atoms with Gasteiger partial charge < -0.3 is 15.2 Å². The highest BCUT2D eigenvalue weighted by atomic mass is 19.1. The number of amides is 1. The highest BCUT2D eigenvalue weighted by Gasteiger charge is 2.29. The summed E-state index contributed by atoms with van der Waals surface area (Å²) in [6.45, 7) is 11.5. The van der Waals surface area contributed by atoms with Crippen molar-refractivity contribution in [2.75, 3.05) is 20.2 Å². The lowest BCUT2D eigenvalue weighted by Crippen LogP contribution is -2.42. The molecule has 0 unspecified atom stereocenters. The molecule has 0 radical (unpaired) electrons. The third kappa shape index (κ3) is 7.04. The molecular formula is C38H43FN2O4. The second-order valence-corrected chi connectivity index (χ2v) is 13.2. The summed E-state index contributed by atoms with van der Waals surface area (Å²) < 4.78 is 20.4. The van der Waals surface area contributed by atoms with E-state index in [-0.39, 0.29) is 12.0 Å². The molecule has 0 aromatic heterocycles. The number of benzene rings is 4. The third-order valence-corrected chi connectivity index (χ3v) is 9.30. The zero-order chi connectivity index (χ0) is 32.3. The van der Waals surface area contributed by atoms with Gasteiger partial charge in [0.1, 0.15) is 17.6 Å². The molecule has 0 saturated carbocycles. The predicted octanol–water partition coefficient (Wildman–Crippen LogP) is 7.65. The van der Waals surface area contributed by atoms with Crippen LogP contribution in [0.1, 0.15) is 60.7 Å². The van der Waals surface area contributed by atoms with E-state index in [2.05, 4.69) is 43.1 Å². The average Bonchev–Trinajstić information content (AvgIpc) is 3.00. The Balaban J connectivity index is 1.47. The van der Waals surface area contributed by atoms with Gasteiger partial charge in [-0.15, -0.1) is 0 Å². The van der Waals surface area contributed by atoms with Gasteiger partial charge >= 0.3 is 5.97 Å². The molecule has 236 valence electrons. The molecule has 1 atom stereocenters. The Morgan fingerprint density at radius 3 is 2.27 bits per heavy atom. The Labute approximate surface area is 265 Å². The molecule has 5 rings (SSSR count). The van der Waals surface area contributed by atoms with E-state index in [1.165, 1.54) is 30.5 Å². The topological polar surface area (TPSA) is 78.9 Å². The van der Waals surface area contributed by atoms with Crippen molar-refractivity contribution in [3.8, 4) is 16.9 Å². The lowest BCUT2D eigenvalue weighted by Gasteiger charge is -2.39. The van der Waals surface area contributed by atoms with Gasteiger partial charge in [0.05, 0.1) is 12.7 Å². The number of aryl methyl sites for hydroxylation is 1. The van der Waals surface area contributed by atoms with Gasteiger partial charge in [0.25, 0.3) is 5.91 Å². The van der Waals surface area contributed by atoms with Crippen molar-refractivity contribution in [3.63, 3.8) is 0 Å². The predicted molar refractivity (Wildman–Crippen MR) is 177 cm³/mol. The first kappa shape index (κ1) is 32.2. The molecule has 1 aliphatic rings. The number of nitrogens with one attached hydrogen (secondary N) is 1. The Morgan fingerprint density at radius 2 is 1.60 bits per heavy atom. The molecule has 0 aliphatic carbocycles. The maximum atomic E-state index is 14.5. The fourth-order valence-electron chi connectivity index (χ4n) is 6.72. The molecule has 4 aromatic carbocycles. The first-order chi connectivity index (χ1) is 21.5. The van der Waals surface area contributed by atoms with Crippen LogP contribution in [-0.2, 0) is 17.8 Å². The van der Waals surface area contributed by atoms with Crippen molar-refractivity contribution in [1.29, 1.82) is 0 Å². The number of carbonyl (C=O) groups is 2. The van der Waals surface area contributed by atoms with Crippen LogP contribution in [0.2, 0.25) is 0 Å². The SMILES string of the molecule is COc1cccc(CN2CCC(C(C)(C)C)CC2)c1-c1cccc2c(C[C@H](NC(=O)c3c(C)cccc3F)C(=O)O)cccc12. The van der Waals surface area contributed by atoms with Crippen LogP contribution >= 0.6 is 0 Å². The number of nitrogens with zero attached hydrogens (tertiary/aromatic N) is 1. The van der Waals surface area contributed by atoms with Gasteiger partial charge in [-0.25, -0.2) is 9.18 Å². The monoisotopic (exact) mass is 610 g/mol. The third-order valence-electron chi connectivity index (χ3n) is 9.30. The molecule has 1 aliphatic heterocycles. The van der Waals surface area contributed by atoms with Crippen LogP contribution in [-0.4, -0.2) is 48.1 Å². The summed E-state index contributed by atoms with van der Waals surface area (Å²) in [6, 6.07) is 21.1. The van der Waals surface area contributed by atoms with Gasteiger partial charge in [0.15, 0.2) is 0 Å². The second-order valence-electron chi connectivity index (χ2n) is 13.2. The van der Waals surface area contributed by atoms with Crippen molar-refractivity contribution in [1.82, 2.24) is 10.2 Å². The van der Waals surface area contributed by atoms with E-state index in [1.54, 1.807) is 20.1 Å². The Hall–Kier alpha value is -4.23. The number of carbonyl (C=O) groups excluding carboxylic acids is 1. The van der Waals surface area contributed by atoms with Crippen LogP contribution in [0.25, 0.3) is 21.9 Å². The van der Waals surface area contributed by atoms with Gasteiger partial charge in [0.2, 0.25) is 0 Å². The fourth-order valence-corrected chi connectivity index (χ4v) is 6.72. The molecule has 7 heteroatoms. The lowest BCUT2D eigenvalue weighted by atomic mass is 9.75.